The van der Waals surface area contributed by atoms with Gasteiger partial charge >= 0.3 is 0 Å². The van der Waals surface area contributed by atoms with Crippen LogP contribution in [-0.4, -0.2) is 25.3 Å². The highest BCUT2D eigenvalue weighted by Gasteiger charge is 2.12. The predicted octanol–water partition coefficient (Wildman–Crippen LogP) is 1.82. The van der Waals surface area contributed by atoms with Crippen molar-refractivity contribution in [3.63, 3.8) is 0 Å². The fraction of sp³-hybridized carbons (Fsp3) is 0.111. The summed E-state index contributed by atoms with van der Waals surface area (Å²) in [4.78, 5) is 29.1. The summed E-state index contributed by atoms with van der Waals surface area (Å²) in [6.45, 7) is 1.65. The lowest BCUT2D eigenvalue weighted by Crippen LogP contribution is -2.33. The number of aryl methyl sites for hydroxylation is 1. The van der Waals surface area contributed by atoms with E-state index in [2.05, 4.69) is 15.5 Å². The molecule has 0 aliphatic heterocycles. The fourth-order valence-corrected chi connectivity index (χ4v) is 2.87. The van der Waals surface area contributed by atoms with E-state index in [-0.39, 0.29) is 18.0 Å². The summed E-state index contributed by atoms with van der Waals surface area (Å²) in [7, 11) is 0. The van der Waals surface area contributed by atoms with Crippen molar-refractivity contribution >= 4 is 27.7 Å². The van der Waals surface area contributed by atoms with Crippen LogP contribution in [0.4, 0.5) is 0 Å². The zero-order valence-electron chi connectivity index (χ0n) is 13.5. The minimum Gasteiger partial charge on any atom is -0.271 e. The van der Waals surface area contributed by atoms with Crippen LogP contribution in [0.3, 0.4) is 0 Å². The third-order valence-electron chi connectivity index (χ3n) is 4.04. The van der Waals surface area contributed by atoms with E-state index < -0.39 is 0 Å². The summed E-state index contributed by atoms with van der Waals surface area (Å²) in [5.41, 5.74) is 4.70. The van der Waals surface area contributed by atoms with E-state index >= 15 is 0 Å². The molecule has 0 saturated carbocycles. The third-order valence-corrected chi connectivity index (χ3v) is 4.04. The number of imidazole rings is 1. The van der Waals surface area contributed by atoms with Crippen molar-refractivity contribution in [2.24, 2.45) is 0 Å². The molecule has 0 aliphatic rings. The summed E-state index contributed by atoms with van der Waals surface area (Å²) in [5.74, 6) is -0.354. The Morgan fingerprint density at radius 3 is 2.64 bits per heavy atom. The van der Waals surface area contributed by atoms with Crippen LogP contribution in [0, 0.1) is 6.92 Å². The maximum absolute atomic E-state index is 12.5. The van der Waals surface area contributed by atoms with Crippen LogP contribution in [0.25, 0.3) is 21.8 Å². The van der Waals surface area contributed by atoms with E-state index in [1.807, 2.05) is 43.3 Å². The molecule has 4 rings (SSSR count). The minimum atomic E-state index is -0.354. The van der Waals surface area contributed by atoms with E-state index in [0.29, 0.717) is 11.1 Å². The highest BCUT2D eigenvalue weighted by molar-refractivity contribution is 5.87. The number of benzene rings is 2. The van der Waals surface area contributed by atoms with Crippen molar-refractivity contribution in [2.75, 3.05) is 5.43 Å². The normalized spacial score (nSPS) is 11.1. The van der Waals surface area contributed by atoms with Gasteiger partial charge in [0.1, 0.15) is 12.9 Å². The Bertz CT molecular complexity index is 1160. The summed E-state index contributed by atoms with van der Waals surface area (Å²) < 4.78 is 2.72. The molecule has 0 spiro atoms. The van der Waals surface area contributed by atoms with Crippen molar-refractivity contribution in [1.29, 1.82) is 0 Å². The Morgan fingerprint density at radius 1 is 1.08 bits per heavy atom. The van der Waals surface area contributed by atoms with Gasteiger partial charge in [0.2, 0.25) is 0 Å². The van der Waals surface area contributed by atoms with Gasteiger partial charge < -0.3 is 0 Å². The van der Waals surface area contributed by atoms with Gasteiger partial charge in [0, 0.05) is 5.39 Å². The van der Waals surface area contributed by atoms with Crippen molar-refractivity contribution in [2.45, 2.75) is 13.5 Å². The molecule has 0 saturated heterocycles. The van der Waals surface area contributed by atoms with Crippen LogP contribution in [0.1, 0.15) is 5.69 Å². The molecular weight excluding hydrogens is 318 g/mol. The quantitative estimate of drug-likeness (QED) is 0.620. The van der Waals surface area contributed by atoms with Crippen molar-refractivity contribution < 1.29 is 4.79 Å². The average Bonchev–Trinajstić information content (AvgIpc) is 3.02. The molecule has 4 aromatic rings. The third kappa shape index (κ3) is 2.65. The first-order chi connectivity index (χ1) is 12.1. The van der Waals surface area contributed by atoms with Crippen molar-refractivity contribution in [3.8, 4) is 0 Å². The van der Waals surface area contributed by atoms with Gasteiger partial charge in [-0.05, 0) is 25.1 Å². The second kappa shape index (κ2) is 5.86. The van der Waals surface area contributed by atoms with Crippen LogP contribution in [-0.2, 0) is 11.3 Å². The van der Waals surface area contributed by atoms with E-state index in [1.54, 1.807) is 12.1 Å². The predicted molar refractivity (Wildman–Crippen MR) is 94.8 cm³/mol. The highest BCUT2D eigenvalue weighted by Crippen LogP contribution is 2.12. The maximum Gasteiger partial charge on any atom is 0.275 e. The zero-order chi connectivity index (χ0) is 17.4. The first-order valence-electron chi connectivity index (χ1n) is 7.82. The molecule has 0 aliphatic carbocycles. The topological polar surface area (TPSA) is 81.8 Å². The molecule has 0 unspecified atom stereocenters. The maximum atomic E-state index is 12.5. The Labute approximate surface area is 142 Å². The number of amides is 1. The van der Waals surface area contributed by atoms with Gasteiger partial charge in [-0.15, -0.1) is 0 Å². The number of rotatable bonds is 3. The molecule has 0 radical (unpaired) electrons. The van der Waals surface area contributed by atoms with E-state index in [1.165, 1.54) is 15.7 Å². The molecule has 1 N–H and O–H groups in total. The second-order valence-corrected chi connectivity index (χ2v) is 5.73. The number of hydrogen-bond donors (Lipinski definition) is 1. The van der Waals surface area contributed by atoms with E-state index in [9.17, 15) is 9.59 Å². The minimum absolute atomic E-state index is 0.170. The number of carbonyl (C=O) groups excluding carboxylic acids is 1. The number of aromatic nitrogens is 4. The summed E-state index contributed by atoms with van der Waals surface area (Å²) in [6, 6.07) is 14.7. The molecule has 0 bridgehead atoms. The standard InChI is InChI=1S/C18H15N5O2/c1-12-13-6-2-3-7-14(13)18(25)22(20-12)10-17(24)21-23-11-19-15-8-4-5-9-16(15)23/h2-9,11H,10H2,1H3,(H,21,24). The molecule has 2 aromatic heterocycles. The van der Waals surface area contributed by atoms with Gasteiger partial charge in [-0.3, -0.25) is 15.0 Å². The highest BCUT2D eigenvalue weighted by atomic mass is 16.2. The van der Waals surface area contributed by atoms with Gasteiger partial charge in [0.25, 0.3) is 11.5 Å². The van der Waals surface area contributed by atoms with Crippen molar-refractivity contribution in [3.05, 3.63) is 70.9 Å². The number of para-hydroxylation sites is 2. The van der Waals surface area contributed by atoms with Crippen LogP contribution < -0.4 is 11.0 Å². The molecule has 1 amide bonds. The van der Waals surface area contributed by atoms with Gasteiger partial charge in [-0.2, -0.15) is 5.10 Å². The summed E-state index contributed by atoms with van der Waals surface area (Å²) in [5, 5.41) is 5.60. The lowest BCUT2D eigenvalue weighted by atomic mass is 10.1. The molecule has 7 heteroatoms. The summed E-state index contributed by atoms with van der Waals surface area (Å²) >= 11 is 0. The second-order valence-electron chi connectivity index (χ2n) is 5.73. The number of carbonyl (C=O) groups is 1. The molecule has 2 heterocycles. The molecule has 25 heavy (non-hydrogen) atoms. The van der Waals surface area contributed by atoms with E-state index in [0.717, 1.165) is 16.4 Å². The Balaban J connectivity index is 1.64. The number of fused-ring (bicyclic) bond motifs is 2. The Hall–Kier alpha value is -3.48. The average molecular weight is 333 g/mol. The molecule has 2 aromatic carbocycles. The lowest BCUT2D eigenvalue weighted by molar-refractivity contribution is -0.117. The van der Waals surface area contributed by atoms with Crippen LogP contribution in [0.5, 0.6) is 0 Å². The lowest BCUT2D eigenvalue weighted by Gasteiger charge is -2.10. The van der Waals surface area contributed by atoms with E-state index in [4.69, 9.17) is 0 Å². The molecular formula is C18H15N5O2. The fourth-order valence-electron chi connectivity index (χ4n) is 2.87. The van der Waals surface area contributed by atoms with Gasteiger partial charge in [-0.25, -0.2) is 14.3 Å². The number of nitrogens with one attached hydrogen (secondary N) is 1. The SMILES string of the molecule is Cc1nn(CC(=O)Nn2cnc3ccccc32)c(=O)c2ccccc12. The Morgan fingerprint density at radius 2 is 1.80 bits per heavy atom. The summed E-state index contributed by atoms with van der Waals surface area (Å²) in [6.07, 6.45) is 1.53. The molecule has 7 nitrogen and oxygen atoms in total. The Kier molecular flexibility index (Phi) is 3.53. The van der Waals surface area contributed by atoms with Crippen LogP contribution in [0.15, 0.2) is 59.7 Å². The van der Waals surface area contributed by atoms with Crippen LogP contribution in [0.2, 0.25) is 0 Å². The smallest absolute Gasteiger partial charge is 0.271 e. The van der Waals surface area contributed by atoms with Crippen LogP contribution >= 0.6 is 0 Å². The van der Waals surface area contributed by atoms with Gasteiger partial charge in [0.05, 0.1) is 22.1 Å². The first-order valence-corrected chi connectivity index (χ1v) is 7.82. The monoisotopic (exact) mass is 333 g/mol. The van der Waals surface area contributed by atoms with Gasteiger partial charge in [-0.1, -0.05) is 30.3 Å². The largest absolute Gasteiger partial charge is 0.275 e. The molecule has 124 valence electrons. The zero-order valence-corrected chi connectivity index (χ0v) is 13.5. The molecule has 0 fully saturated rings. The van der Waals surface area contributed by atoms with Crippen molar-refractivity contribution in [1.82, 2.24) is 19.4 Å². The molecule has 0 atom stereocenters. The number of hydrogen-bond acceptors (Lipinski definition) is 4. The van der Waals surface area contributed by atoms with Gasteiger partial charge in [0.15, 0.2) is 0 Å². The first kappa shape index (κ1) is 15.1. The number of nitrogens with zero attached hydrogens (tertiary/aromatic N) is 4.